The van der Waals surface area contributed by atoms with Gasteiger partial charge in [0.1, 0.15) is 19.0 Å². The number of para-hydroxylation sites is 1. The topological polar surface area (TPSA) is 83.1 Å². The average Bonchev–Trinajstić information content (AvgIpc) is 2.85. The van der Waals surface area contributed by atoms with Crippen molar-refractivity contribution in [2.24, 2.45) is 5.41 Å². The van der Waals surface area contributed by atoms with Crippen molar-refractivity contribution in [1.29, 1.82) is 0 Å². The van der Waals surface area contributed by atoms with E-state index in [-0.39, 0.29) is 24.4 Å². The summed E-state index contributed by atoms with van der Waals surface area (Å²) < 4.78 is 23.0. The maximum absolute atomic E-state index is 13.5. The van der Waals surface area contributed by atoms with Crippen molar-refractivity contribution in [3.05, 3.63) is 75.0 Å². The Kier molecular flexibility index (Phi) is 7.97. The molecule has 1 aliphatic heterocycles. The van der Waals surface area contributed by atoms with Gasteiger partial charge in [0.25, 0.3) is 0 Å². The lowest BCUT2D eigenvalue weighted by Gasteiger charge is -2.39. The number of dihydropyridines is 1. The molecule has 1 unspecified atom stereocenters. The minimum absolute atomic E-state index is 0.00986. The molecule has 2 aromatic rings. The van der Waals surface area contributed by atoms with Crippen molar-refractivity contribution in [3.8, 4) is 17.2 Å². The van der Waals surface area contributed by atoms with E-state index < -0.39 is 11.9 Å². The van der Waals surface area contributed by atoms with Crippen LogP contribution in [-0.2, 0) is 14.3 Å². The Labute approximate surface area is 225 Å². The zero-order valence-corrected chi connectivity index (χ0v) is 23.4. The number of methoxy groups -OCH3 is 2. The number of rotatable bonds is 8. The van der Waals surface area contributed by atoms with Gasteiger partial charge in [0.05, 0.1) is 19.8 Å². The van der Waals surface area contributed by atoms with Gasteiger partial charge in [-0.25, -0.2) is 4.79 Å². The molecule has 2 aliphatic rings. The number of ketones is 1. The number of esters is 1. The Morgan fingerprint density at radius 1 is 1.05 bits per heavy atom. The van der Waals surface area contributed by atoms with Crippen molar-refractivity contribution in [1.82, 2.24) is 5.32 Å². The standard InChI is InChI=1S/C29H32BrNO6/c1-17-25(28(33)37-12-11-36-18-9-7-6-8-10-18)26(19-13-23(34-4)24(35-5)14-20(19)30)27-21(31-17)15-29(2,3)16-22(27)32/h6-10,13-14,26,31H,11-12,15-16H2,1-5H3. The van der Waals surface area contributed by atoms with Crippen LogP contribution >= 0.6 is 15.9 Å². The minimum Gasteiger partial charge on any atom is -0.493 e. The number of Topliss-reactive ketones (excluding diaryl/α,β-unsaturated/α-hetero) is 1. The van der Waals surface area contributed by atoms with Crippen molar-refractivity contribution >= 4 is 27.7 Å². The van der Waals surface area contributed by atoms with Crippen LogP contribution in [0.4, 0.5) is 0 Å². The van der Waals surface area contributed by atoms with E-state index in [1.54, 1.807) is 20.3 Å². The summed E-state index contributed by atoms with van der Waals surface area (Å²) in [4.78, 5) is 27.1. The number of benzene rings is 2. The number of hydrogen-bond acceptors (Lipinski definition) is 7. The second kappa shape index (κ2) is 11.0. The molecule has 1 heterocycles. The number of carbonyl (C=O) groups is 2. The molecular weight excluding hydrogens is 538 g/mol. The predicted molar refractivity (Wildman–Crippen MR) is 144 cm³/mol. The zero-order chi connectivity index (χ0) is 26.7. The molecule has 0 bridgehead atoms. The highest BCUT2D eigenvalue weighted by Gasteiger charge is 2.44. The van der Waals surface area contributed by atoms with Crippen LogP contribution in [0.3, 0.4) is 0 Å². The summed E-state index contributed by atoms with van der Waals surface area (Å²) >= 11 is 3.65. The Bertz CT molecular complexity index is 1260. The number of halogens is 1. The van der Waals surface area contributed by atoms with Crippen LogP contribution in [0.25, 0.3) is 0 Å². The van der Waals surface area contributed by atoms with Gasteiger partial charge in [-0.3, -0.25) is 4.79 Å². The molecular formula is C29H32BrNO6. The van der Waals surface area contributed by atoms with E-state index in [1.807, 2.05) is 43.3 Å². The van der Waals surface area contributed by atoms with Crippen LogP contribution < -0.4 is 19.5 Å². The molecule has 8 heteroatoms. The summed E-state index contributed by atoms with van der Waals surface area (Å²) in [6.07, 6.45) is 1.08. The highest BCUT2D eigenvalue weighted by Crippen LogP contribution is 2.49. The third-order valence-corrected chi connectivity index (χ3v) is 7.29. The second-order valence-corrected chi connectivity index (χ2v) is 10.8. The molecule has 0 spiro atoms. The molecule has 0 fully saturated rings. The summed E-state index contributed by atoms with van der Waals surface area (Å²) in [5, 5.41) is 3.36. The Hall–Kier alpha value is -3.26. The minimum atomic E-state index is -0.628. The molecule has 1 atom stereocenters. The van der Waals surface area contributed by atoms with Crippen LogP contribution in [0.1, 0.15) is 45.1 Å². The quantitative estimate of drug-likeness (QED) is 0.323. The molecule has 0 saturated carbocycles. The van der Waals surface area contributed by atoms with E-state index in [0.717, 1.165) is 11.3 Å². The molecule has 4 rings (SSSR count). The third kappa shape index (κ3) is 5.69. The van der Waals surface area contributed by atoms with Crippen molar-refractivity contribution in [2.45, 2.75) is 39.5 Å². The van der Waals surface area contributed by atoms with Gasteiger partial charge in [-0.05, 0) is 48.6 Å². The Morgan fingerprint density at radius 2 is 1.73 bits per heavy atom. The van der Waals surface area contributed by atoms with Crippen LogP contribution in [0.2, 0.25) is 0 Å². The largest absolute Gasteiger partial charge is 0.493 e. The molecule has 37 heavy (non-hydrogen) atoms. The lowest BCUT2D eigenvalue weighted by molar-refractivity contribution is -0.140. The van der Waals surface area contributed by atoms with Gasteiger partial charge in [0.2, 0.25) is 0 Å². The number of nitrogens with one attached hydrogen (secondary N) is 1. The van der Waals surface area contributed by atoms with E-state index >= 15 is 0 Å². The molecule has 7 nitrogen and oxygen atoms in total. The molecule has 0 saturated heterocycles. The van der Waals surface area contributed by atoms with Crippen LogP contribution in [0.5, 0.6) is 17.2 Å². The number of carbonyl (C=O) groups excluding carboxylic acids is 2. The number of allylic oxidation sites excluding steroid dienone is 3. The number of hydrogen-bond donors (Lipinski definition) is 1. The lowest BCUT2D eigenvalue weighted by Crippen LogP contribution is -2.39. The molecule has 0 radical (unpaired) electrons. The lowest BCUT2D eigenvalue weighted by atomic mass is 9.68. The predicted octanol–water partition coefficient (Wildman–Crippen LogP) is 5.69. The van der Waals surface area contributed by atoms with E-state index in [9.17, 15) is 9.59 Å². The fourth-order valence-corrected chi connectivity index (χ4v) is 5.55. The fourth-order valence-electron chi connectivity index (χ4n) is 5.00. The Morgan fingerprint density at radius 3 is 2.41 bits per heavy atom. The summed E-state index contributed by atoms with van der Waals surface area (Å²) in [5.74, 6) is 0.627. The van der Waals surface area contributed by atoms with Crippen molar-refractivity contribution in [2.75, 3.05) is 27.4 Å². The molecule has 196 valence electrons. The first-order chi connectivity index (χ1) is 17.6. The maximum atomic E-state index is 13.5. The van der Waals surface area contributed by atoms with Gasteiger partial charge in [-0.1, -0.05) is 48.0 Å². The smallest absolute Gasteiger partial charge is 0.336 e. The van der Waals surface area contributed by atoms with Crippen molar-refractivity contribution in [3.63, 3.8) is 0 Å². The fraction of sp³-hybridized carbons (Fsp3) is 0.379. The first-order valence-corrected chi connectivity index (χ1v) is 12.9. The van der Waals surface area contributed by atoms with Gasteiger partial charge < -0.3 is 24.3 Å². The first kappa shape index (κ1) is 26.8. The number of ether oxygens (including phenoxy) is 4. The molecule has 0 amide bonds. The summed E-state index contributed by atoms with van der Waals surface area (Å²) in [5.41, 5.74) is 3.02. The SMILES string of the molecule is COc1cc(Br)c(C2C(C(=O)OCCOc3ccccc3)=C(C)NC3=C2C(=O)CC(C)(C)C3)cc1OC. The van der Waals surface area contributed by atoms with Crippen molar-refractivity contribution < 1.29 is 28.5 Å². The van der Waals surface area contributed by atoms with Crippen LogP contribution in [0, 0.1) is 5.41 Å². The summed E-state index contributed by atoms with van der Waals surface area (Å²) in [6.45, 7) is 6.27. The molecule has 2 aromatic carbocycles. The third-order valence-electron chi connectivity index (χ3n) is 6.60. The van der Waals surface area contributed by atoms with E-state index in [1.165, 1.54) is 0 Å². The van der Waals surface area contributed by atoms with E-state index in [0.29, 0.717) is 51.4 Å². The van der Waals surface area contributed by atoms with Crippen LogP contribution in [0.15, 0.2) is 69.5 Å². The van der Waals surface area contributed by atoms with Gasteiger partial charge in [-0.2, -0.15) is 0 Å². The maximum Gasteiger partial charge on any atom is 0.336 e. The molecule has 1 aliphatic carbocycles. The van der Waals surface area contributed by atoms with Gasteiger partial charge >= 0.3 is 5.97 Å². The van der Waals surface area contributed by atoms with Gasteiger partial charge in [0.15, 0.2) is 17.3 Å². The summed E-state index contributed by atoms with van der Waals surface area (Å²) in [7, 11) is 3.12. The monoisotopic (exact) mass is 569 g/mol. The molecule has 1 N–H and O–H groups in total. The normalized spacial score (nSPS) is 18.6. The van der Waals surface area contributed by atoms with Crippen LogP contribution in [-0.4, -0.2) is 39.2 Å². The van der Waals surface area contributed by atoms with E-state index in [2.05, 4.69) is 35.1 Å². The zero-order valence-electron chi connectivity index (χ0n) is 21.8. The van der Waals surface area contributed by atoms with E-state index in [4.69, 9.17) is 18.9 Å². The average molecular weight is 570 g/mol. The Balaban J connectivity index is 1.70. The van der Waals surface area contributed by atoms with Gasteiger partial charge in [0, 0.05) is 33.8 Å². The second-order valence-electron chi connectivity index (χ2n) is 9.96. The first-order valence-electron chi connectivity index (χ1n) is 12.2. The molecule has 0 aromatic heterocycles. The summed E-state index contributed by atoms with van der Waals surface area (Å²) in [6, 6.07) is 12.9. The highest BCUT2D eigenvalue weighted by molar-refractivity contribution is 9.10. The highest BCUT2D eigenvalue weighted by atomic mass is 79.9. The van der Waals surface area contributed by atoms with Gasteiger partial charge in [-0.15, -0.1) is 0 Å².